The molecule has 0 saturated heterocycles. The van der Waals surface area contributed by atoms with Crippen molar-refractivity contribution in [3.8, 4) is 11.5 Å². The van der Waals surface area contributed by atoms with E-state index >= 15 is 0 Å². The monoisotopic (exact) mass is 383 g/mol. The molecular formula is C13H16CsNO4. The van der Waals surface area contributed by atoms with Gasteiger partial charge in [-0.1, -0.05) is 0 Å². The fourth-order valence-electron chi connectivity index (χ4n) is 2.01. The number of fused-ring (bicyclic) bond motifs is 1. The topological polar surface area (TPSA) is 70.6 Å². The average molecular weight is 383 g/mol. The summed E-state index contributed by atoms with van der Waals surface area (Å²) in [5.41, 5.74) is 0.795. The minimum Gasteiger partial charge on any atom is -0.530 e. The Labute approximate surface area is 171 Å². The molecule has 5 nitrogen and oxygen atoms in total. The molecule has 1 aromatic rings. The van der Waals surface area contributed by atoms with Crippen LogP contribution in [0.2, 0.25) is 0 Å². The van der Waals surface area contributed by atoms with E-state index < -0.39 is 6.09 Å². The maximum absolute atomic E-state index is 10.6. The van der Waals surface area contributed by atoms with Gasteiger partial charge in [0.15, 0.2) is 0 Å². The molecule has 0 bridgehead atoms. The number of carbonyl (C=O) groups excluding carboxylic acids is 1. The standard InChI is InChI=1S/C13H17NO4.Cs/c1-8(2)18-9-3-4-12-10(7-9)11(5-6-17-12)14-13(15)16;/h3-4,7-8,11,14H,5-6H2,1-2H3,(H,15,16);/q;+1/p-1/t11-;/m0./s1. The quantitative estimate of drug-likeness (QED) is 0.671. The van der Waals surface area contributed by atoms with Crippen molar-refractivity contribution in [3.05, 3.63) is 23.8 Å². The molecule has 2 rings (SSSR count). The molecule has 1 atom stereocenters. The summed E-state index contributed by atoms with van der Waals surface area (Å²) >= 11 is 0. The van der Waals surface area contributed by atoms with Gasteiger partial charge in [-0.15, -0.1) is 0 Å². The van der Waals surface area contributed by atoms with Crippen LogP contribution in [0.25, 0.3) is 0 Å². The Morgan fingerprint density at radius 3 is 2.89 bits per heavy atom. The van der Waals surface area contributed by atoms with Gasteiger partial charge in [0, 0.05) is 12.0 Å². The zero-order valence-electron chi connectivity index (χ0n) is 11.4. The van der Waals surface area contributed by atoms with Gasteiger partial charge in [-0.25, -0.2) is 0 Å². The van der Waals surface area contributed by atoms with Crippen molar-refractivity contribution in [2.45, 2.75) is 32.4 Å². The van der Waals surface area contributed by atoms with Crippen LogP contribution in [0.1, 0.15) is 31.9 Å². The largest absolute Gasteiger partial charge is 1.00 e. The van der Waals surface area contributed by atoms with Crippen molar-refractivity contribution in [1.82, 2.24) is 5.32 Å². The minimum atomic E-state index is -1.27. The first-order chi connectivity index (χ1) is 8.56. The zero-order valence-corrected chi connectivity index (χ0v) is 17.7. The van der Waals surface area contributed by atoms with Crippen LogP contribution in [0.15, 0.2) is 18.2 Å². The molecule has 0 spiro atoms. The number of nitrogens with one attached hydrogen (secondary N) is 1. The Balaban J connectivity index is 0.00000180. The number of amides is 1. The summed E-state index contributed by atoms with van der Waals surface area (Å²) in [6, 6.07) is 5.14. The van der Waals surface area contributed by atoms with Gasteiger partial charge in [0.05, 0.1) is 18.8 Å². The summed E-state index contributed by atoms with van der Waals surface area (Å²) in [5.74, 6) is 1.40. The molecule has 19 heavy (non-hydrogen) atoms. The predicted molar refractivity (Wildman–Crippen MR) is 63.6 cm³/mol. The molecule has 0 unspecified atom stereocenters. The summed E-state index contributed by atoms with van der Waals surface area (Å²) < 4.78 is 11.1. The van der Waals surface area contributed by atoms with Crippen LogP contribution in [0, 0.1) is 0 Å². The van der Waals surface area contributed by atoms with E-state index in [4.69, 9.17) is 9.47 Å². The number of rotatable bonds is 3. The zero-order chi connectivity index (χ0) is 13.1. The van der Waals surface area contributed by atoms with E-state index in [0.29, 0.717) is 24.5 Å². The van der Waals surface area contributed by atoms with Gasteiger partial charge in [0.1, 0.15) is 17.6 Å². The molecule has 0 radical (unpaired) electrons. The Morgan fingerprint density at radius 2 is 2.26 bits per heavy atom. The van der Waals surface area contributed by atoms with Crippen molar-refractivity contribution in [2.24, 2.45) is 0 Å². The molecule has 0 aliphatic carbocycles. The summed E-state index contributed by atoms with van der Waals surface area (Å²) in [7, 11) is 0. The van der Waals surface area contributed by atoms with Gasteiger partial charge in [0.25, 0.3) is 0 Å². The van der Waals surface area contributed by atoms with E-state index in [1.54, 1.807) is 6.07 Å². The second kappa shape index (κ2) is 7.80. The Bertz CT molecular complexity index is 450. The summed E-state index contributed by atoms with van der Waals surface area (Å²) in [4.78, 5) is 10.6. The maximum atomic E-state index is 10.6. The van der Waals surface area contributed by atoms with E-state index in [1.165, 1.54) is 0 Å². The molecule has 0 aromatic heterocycles. The van der Waals surface area contributed by atoms with E-state index in [1.807, 2.05) is 26.0 Å². The first-order valence-corrected chi connectivity index (χ1v) is 5.97. The van der Waals surface area contributed by atoms with Crippen molar-refractivity contribution < 1.29 is 88.3 Å². The molecule has 6 heteroatoms. The first-order valence-electron chi connectivity index (χ1n) is 5.97. The second-order valence-electron chi connectivity index (χ2n) is 4.49. The first kappa shape index (κ1) is 17.2. The predicted octanol–water partition coefficient (Wildman–Crippen LogP) is -1.77. The van der Waals surface area contributed by atoms with Crippen LogP contribution >= 0.6 is 0 Å². The van der Waals surface area contributed by atoms with Crippen LogP contribution in [0.3, 0.4) is 0 Å². The smallest absolute Gasteiger partial charge is 0.530 e. The third-order valence-corrected chi connectivity index (χ3v) is 2.68. The fraction of sp³-hybridized carbons (Fsp3) is 0.462. The average Bonchev–Trinajstić information content (AvgIpc) is 2.28. The summed E-state index contributed by atoms with van der Waals surface area (Å²) in [5, 5.41) is 13.0. The number of benzene rings is 1. The molecule has 1 heterocycles. The van der Waals surface area contributed by atoms with Gasteiger partial charge in [-0.2, -0.15) is 0 Å². The molecule has 1 amide bonds. The SMILES string of the molecule is CC(C)Oc1ccc2c(c1)[C@@H](NC(=O)[O-])CCO2.[Cs+]. The summed E-state index contributed by atoms with van der Waals surface area (Å²) in [6.07, 6.45) is -0.616. The molecule has 1 aliphatic rings. The molecule has 0 saturated carbocycles. The van der Waals surface area contributed by atoms with Gasteiger partial charge < -0.3 is 24.7 Å². The van der Waals surface area contributed by atoms with E-state index in [9.17, 15) is 9.90 Å². The third kappa shape index (κ3) is 4.87. The van der Waals surface area contributed by atoms with Crippen LogP contribution < -0.4 is 88.8 Å². The second-order valence-corrected chi connectivity index (χ2v) is 4.49. The van der Waals surface area contributed by atoms with Gasteiger partial charge in [-0.3, -0.25) is 0 Å². The molecule has 98 valence electrons. The maximum Gasteiger partial charge on any atom is 1.00 e. The van der Waals surface area contributed by atoms with Crippen molar-refractivity contribution in [3.63, 3.8) is 0 Å². The number of hydrogen-bond acceptors (Lipinski definition) is 4. The minimum absolute atomic E-state index is 0. The molecule has 0 fully saturated rings. The number of hydrogen-bond donors (Lipinski definition) is 1. The van der Waals surface area contributed by atoms with Crippen LogP contribution in [0.5, 0.6) is 11.5 Å². The van der Waals surface area contributed by atoms with Crippen LogP contribution in [-0.4, -0.2) is 18.8 Å². The van der Waals surface area contributed by atoms with Crippen LogP contribution in [0.4, 0.5) is 4.79 Å². The number of carboxylic acid groups (broad SMARTS) is 1. The summed E-state index contributed by atoms with van der Waals surface area (Å²) in [6.45, 7) is 4.36. The van der Waals surface area contributed by atoms with Crippen molar-refractivity contribution in [1.29, 1.82) is 0 Å². The molecular weight excluding hydrogens is 367 g/mol. The number of ether oxygens (including phenoxy) is 2. The molecule has 1 aromatic carbocycles. The fourth-order valence-corrected chi connectivity index (χ4v) is 2.01. The Morgan fingerprint density at radius 1 is 1.53 bits per heavy atom. The Kier molecular flexibility index (Phi) is 7.06. The molecule has 1 aliphatic heterocycles. The Hall–Kier alpha value is 0.142. The van der Waals surface area contributed by atoms with E-state index in [-0.39, 0.29) is 81.0 Å². The third-order valence-electron chi connectivity index (χ3n) is 2.68. The van der Waals surface area contributed by atoms with Crippen LogP contribution in [-0.2, 0) is 0 Å². The van der Waals surface area contributed by atoms with Crippen molar-refractivity contribution in [2.75, 3.05) is 6.61 Å². The number of carbonyl (C=O) groups is 1. The van der Waals surface area contributed by atoms with E-state index in [2.05, 4.69) is 5.32 Å². The normalized spacial score (nSPS) is 16.9. The van der Waals surface area contributed by atoms with Gasteiger partial charge >= 0.3 is 68.9 Å². The van der Waals surface area contributed by atoms with Crippen molar-refractivity contribution >= 4 is 6.09 Å². The van der Waals surface area contributed by atoms with Gasteiger partial charge in [0.2, 0.25) is 0 Å². The molecule has 1 N–H and O–H groups in total. The van der Waals surface area contributed by atoms with Gasteiger partial charge in [-0.05, 0) is 32.0 Å². The van der Waals surface area contributed by atoms with E-state index in [0.717, 1.165) is 5.56 Å².